The molecule has 0 spiro atoms. The van der Waals surface area contributed by atoms with Crippen molar-refractivity contribution >= 4 is 22.4 Å². The Balaban J connectivity index is 1.53. The van der Waals surface area contributed by atoms with Crippen LogP contribution in [0.2, 0.25) is 0 Å². The molecule has 136 valence electrons. The van der Waals surface area contributed by atoms with Gasteiger partial charge in [-0.15, -0.1) is 10.2 Å². The molecule has 9 heteroatoms. The normalized spacial score (nSPS) is 17.4. The molecule has 1 atom stereocenters. The zero-order chi connectivity index (χ0) is 18.0. The Bertz CT molecular complexity index is 750. The summed E-state index contributed by atoms with van der Waals surface area (Å²) in [5.41, 5.74) is 3.28. The predicted octanol–water partition coefficient (Wildman–Crippen LogP) is 1.81. The first-order valence-electron chi connectivity index (χ1n) is 8.36. The highest BCUT2D eigenvalue weighted by atomic mass is 32.1. The van der Waals surface area contributed by atoms with Crippen molar-refractivity contribution < 1.29 is 9.53 Å². The highest BCUT2D eigenvalue weighted by Crippen LogP contribution is 2.31. The fourth-order valence-corrected chi connectivity index (χ4v) is 3.81. The van der Waals surface area contributed by atoms with Gasteiger partial charge in [-0.1, -0.05) is 11.3 Å². The van der Waals surface area contributed by atoms with Gasteiger partial charge >= 0.3 is 0 Å². The highest BCUT2D eigenvalue weighted by Gasteiger charge is 2.22. The van der Waals surface area contributed by atoms with E-state index in [2.05, 4.69) is 20.6 Å². The molecule has 1 amide bonds. The number of rotatable bonds is 6. The Morgan fingerprint density at radius 3 is 2.88 bits per heavy atom. The molecular weight excluding hydrogens is 340 g/mol. The first-order valence-corrected chi connectivity index (χ1v) is 9.18. The number of likely N-dealkylation sites (N-methyl/N-ethyl adjacent to an activating group) is 1. The van der Waals surface area contributed by atoms with Gasteiger partial charge in [-0.3, -0.25) is 19.7 Å². The summed E-state index contributed by atoms with van der Waals surface area (Å²) in [7, 11) is 3.85. The van der Waals surface area contributed by atoms with Gasteiger partial charge < -0.3 is 4.74 Å². The van der Waals surface area contributed by atoms with Crippen LogP contribution in [0.3, 0.4) is 0 Å². The third-order valence-electron chi connectivity index (χ3n) is 4.39. The lowest BCUT2D eigenvalue weighted by Gasteiger charge is -2.16. The lowest BCUT2D eigenvalue weighted by molar-refractivity contribution is -0.117. The van der Waals surface area contributed by atoms with Crippen LogP contribution < -0.4 is 5.32 Å². The van der Waals surface area contributed by atoms with Gasteiger partial charge in [0.1, 0.15) is 11.1 Å². The number of anilines is 1. The van der Waals surface area contributed by atoms with Crippen molar-refractivity contribution in [3.05, 3.63) is 22.0 Å². The summed E-state index contributed by atoms with van der Waals surface area (Å²) in [6, 6.07) is 0. The number of hydrogen-bond donors (Lipinski definition) is 1. The first kappa shape index (κ1) is 18.0. The Labute approximate surface area is 151 Å². The molecule has 8 nitrogen and oxygen atoms in total. The predicted molar refractivity (Wildman–Crippen MR) is 95.5 cm³/mol. The third kappa shape index (κ3) is 4.23. The molecule has 1 N–H and O–H groups in total. The molecule has 0 saturated carbocycles. The number of hydrogen-bond acceptors (Lipinski definition) is 7. The maximum Gasteiger partial charge on any atom is 0.240 e. The van der Waals surface area contributed by atoms with Crippen LogP contribution in [0.1, 0.15) is 40.9 Å². The molecule has 3 heterocycles. The largest absolute Gasteiger partial charge is 0.371 e. The van der Waals surface area contributed by atoms with E-state index >= 15 is 0 Å². The van der Waals surface area contributed by atoms with Crippen LogP contribution in [-0.2, 0) is 23.1 Å². The Morgan fingerprint density at radius 1 is 1.44 bits per heavy atom. The van der Waals surface area contributed by atoms with Crippen molar-refractivity contribution in [1.82, 2.24) is 24.9 Å². The molecule has 1 fully saturated rings. The zero-order valence-electron chi connectivity index (χ0n) is 15.1. The maximum absolute atomic E-state index is 12.3. The summed E-state index contributed by atoms with van der Waals surface area (Å²) in [6.45, 7) is 5.75. The van der Waals surface area contributed by atoms with Crippen molar-refractivity contribution in [3.63, 3.8) is 0 Å². The van der Waals surface area contributed by atoms with Gasteiger partial charge in [-0.05, 0) is 33.7 Å². The van der Waals surface area contributed by atoms with Gasteiger partial charge in [-0.25, -0.2) is 0 Å². The quantitative estimate of drug-likeness (QED) is 0.841. The molecule has 25 heavy (non-hydrogen) atoms. The molecule has 2 aromatic rings. The van der Waals surface area contributed by atoms with Gasteiger partial charge in [0.2, 0.25) is 11.0 Å². The molecule has 0 bridgehead atoms. The molecule has 1 unspecified atom stereocenters. The number of ether oxygens (including phenoxy) is 1. The molecule has 3 rings (SSSR count). The van der Waals surface area contributed by atoms with Crippen molar-refractivity contribution in [2.75, 3.05) is 25.5 Å². The summed E-state index contributed by atoms with van der Waals surface area (Å²) in [4.78, 5) is 14.2. The minimum atomic E-state index is -0.100. The lowest BCUT2D eigenvalue weighted by atomic mass is 10.2. The number of aryl methyl sites for hydroxylation is 2. The maximum atomic E-state index is 12.3. The average molecular weight is 364 g/mol. The van der Waals surface area contributed by atoms with Crippen LogP contribution >= 0.6 is 11.3 Å². The van der Waals surface area contributed by atoms with Crippen molar-refractivity contribution in [2.45, 2.75) is 39.3 Å². The van der Waals surface area contributed by atoms with E-state index in [0.717, 1.165) is 41.4 Å². The zero-order valence-corrected chi connectivity index (χ0v) is 15.9. The van der Waals surface area contributed by atoms with Crippen LogP contribution in [0, 0.1) is 13.8 Å². The molecule has 1 saturated heterocycles. The lowest BCUT2D eigenvalue weighted by Crippen LogP contribution is -2.30. The molecule has 0 aliphatic carbocycles. The summed E-state index contributed by atoms with van der Waals surface area (Å²) in [5, 5.41) is 16.8. The third-order valence-corrected chi connectivity index (χ3v) is 5.32. The van der Waals surface area contributed by atoms with Crippen LogP contribution in [0.4, 0.5) is 5.13 Å². The number of amides is 1. The van der Waals surface area contributed by atoms with Crippen LogP contribution in [0.5, 0.6) is 0 Å². The monoisotopic (exact) mass is 364 g/mol. The van der Waals surface area contributed by atoms with E-state index in [4.69, 9.17) is 4.74 Å². The number of carbonyl (C=O) groups is 1. The Morgan fingerprint density at radius 2 is 2.24 bits per heavy atom. The van der Waals surface area contributed by atoms with Crippen molar-refractivity contribution in [3.8, 4) is 0 Å². The van der Waals surface area contributed by atoms with Crippen molar-refractivity contribution in [2.24, 2.45) is 7.05 Å². The van der Waals surface area contributed by atoms with E-state index in [1.807, 2.05) is 37.5 Å². The Hall–Kier alpha value is -1.84. The van der Waals surface area contributed by atoms with Gasteiger partial charge in [-0.2, -0.15) is 5.10 Å². The number of nitrogens with zero attached hydrogens (tertiary/aromatic N) is 5. The van der Waals surface area contributed by atoms with Crippen LogP contribution in [0.25, 0.3) is 0 Å². The topological polar surface area (TPSA) is 85.2 Å². The standard InChI is InChI=1S/C16H24N6O2S/c1-10-12(11(2)22(4)20-10)8-21(3)9-14(23)17-16-19-18-15(25-16)13-6-5-7-24-13/h13H,5-9H2,1-4H3,(H,17,19,23). The molecule has 0 radical (unpaired) electrons. The molecule has 0 aromatic carbocycles. The van der Waals surface area contributed by atoms with Crippen molar-refractivity contribution in [1.29, 1.82) is 0 Å². The van der Waals surface area contributed by atoms with E-state index in [9.17, 15) is 4.79 Å². The molecule has 1 aliphatic rings. The van der Waals surface area contributed by atoms with E-state index in [1.54, 1.807) is 0 Å². The van der Waals surface area contributed by atoms with Crippen LogP contribution in [-0.4, -0.2) is 51.0 Å². The second kappa shape index (κ2) is 7.59. The first-order chi connectivity index (χ1) is 11.9. The van der Waals surface area contributed by atoms with Crippen LogP contribution in [0.15, 0.2) is 0 Å². The van der Waals surface area contributed by atoms with E-state index in [1.165, 1.54) is 11.3 Å². The van der Waals surface area contributed by atoms with Gasteiger partial charge in [0.15, 0.2) is 0 Å². The molecule has 1 aliphatic heterocycles. The van der Waals surface area contributed by atoms with E-state index in [0.29, 0.717) is 11.7 Å². The second-order valence-electron chi connectivity index (χ2n) is 6.44. The minimum Gasteiger partial charge on any atom is -0.371 e. The SMILES string of the molecule is Cc1nn(C)c(C)c1CN(C)CC(=O)Nc1nnc(C2CCCO2)s1. The summed E-state index contributed by atoms with van der Waals surface area (Å²) < 4.78 is 7.46. The fraction of sp³-hybridized carbons (Fsp3) is 0.625. The van der Waals surface area contributed by atoms with E-state index in [-0.39, 0.29) is 18.6 Å². The number of carbonyl (C=O) groups excluding carboxylic acids is 1. The highest BCUT2D eigenvalue weighted by molar-refractivity contribution is 7.15. The Kier molecular flexibility index (Phi) is 5.45. The average Bonchev–Trinajstić information content (AvgIpc) is 3.26. The smallest absolute Gasteiger partial charge is 0.240 e. The second-order valence-corrected chi connectivity index (χ2v) is 7.45. The summed E-state index contributed by atoms with van der Waals surface area (Å²) in [6.07, 6.45) is 2.04. The number of nitrogens with one attached hydrogen (secondary N) is 1. The van der Waals surface area contributed by atoms with E-state index < -0.39 is 0 Å². The fourth-order valence-electron chi connectivity index (χ4n) is 2.96. The van der Waals surface area contributed by atoms with Gasteiger partial charge in [0.25, 0.3) is 0 Å². The molecular formula is C16H24N6O2S. The minimum absolute atomic E-state index is 0.0300. The van der Waals surface area contributed by atoms with Gasteiger partial charge in [0, 0.05) is 31.5 Å². The van der Waals surface area contributed by atoms with Gasteiger partial charge in [0.05, 0.1) is 12.2 Å². The summed E-state index contributed by atoms with van der Waals surface area (Å²) >= 11 is 1.39. The number of aromatic nitrogens is 4. The summed E-state index contributed by atoms with van der Waals surface area (Å²) in [5.74, 6) is -0.100. The molecule has 2 aromatic heterocycles.